The van der Waals surface area contributed by atoms with Crippen LogP contribution in [0, 0.1) is 11.6 Å². The van der Waals surface area contributed by atoms with Crippen LogP contribution in [0.5, 0.6) is 0 Å². The van der Waals surface area contributed by atoms with E-state index >= 15 is 0 Å². The predicted molar refractivity (Wildman–Crippen MR) is 76.0 cm³/mol. The molecular formula is C15H22F2N2O2. The quantitative estimate of drug-likeness (QED) is 0.831. The number of hydrogen-bond acceptors (Lipinski definition) is 4. The summed E-state index contributed by atoms with van der Waals surface area (Å²) in [6.45, 7) is 6.30. The highest BCUT2D eigenvalue weighted by Gasteiger charge is 2.17. The summed E-state index contributed by atoms with van der Waals surface area (Å²) in [5.41, 5.74) is -0.0129. The molecular weight excluding hydrogens is 278 g/mol. The zero-order valence-electron chi connectivity index (χ0n) is 12.2. The van der Waals surface area contributed by atoms with Crippen LogP contribution in [-0.4, -0.2) is 55.4 Å². The van der Waals surface area contributed by atoms with Gasteiger partial charge in [0.1, 0.15) is 11.6 Å². The van der Waals surface area contributed by atoms with Gasteiger partial charge in [-0.3, -0.25) is 4.90 Å². The average molecular weight is 300 g/mol. The van der Waals surface area contributed by atoms with E-state index in [4.69, 9.17) is 4.74 Å². The second-order valence-electron chi connectivity index (χ2n) is 5.40. The van der Waals surface area contributed by atoms with Gasteiger partial charge in [-0.15, -0.1) is 0 Å². The summed E-state index contributed by atoms with van der Waals surface area (Å²) in [7, 11) is 0. The van der Waals surface area contributed by atoms with E-state index < -0.39 is 17.7 Å². The van der Waals surface area contributed by atoms with E-state index in [1.165, 1.54) is 0 Å². The molecule has 1 heterocycles. The van der Waals surface area contributed by atoms with Crippen molar-refractivity contribution in [3.63, 3.8) is 0 Å². The van der Waals surface area contributed by atoms with Crippen LogP contribution in [0.2, 0.25) is 0 Å². The standard InChI is InChI=1S/C15H22F2N2O2/c1-11(10-19-4-6-21-7-5-19)18-9-15(20)13-8-12(16)2-3-14(13)17/h2-3,8,11,15,18,20H,4-7,9-10H2,1H3. The number of benzene rings is 1. The lowest BCUT2D eigenvalue weighted by molar-refractivity contribution is 0.0336. The van der Waals surface area contributed by atoms with Crippen LogP contribution in [0.3, 0.4) is 0 Å². The van der Waals surface area contributed by atoms with Crippen molar-refractivity contribution < 1.29 is 18.6 Å². The smallest absolute Gasteiger partial charge is 0.129 e. The summed E-state index contributed by atoms with van der Waals surface area (Å²) in [5, 5.41) is 13.1. The summed E-state index contributed by atoms with van der Waals surface area (Å²) in [4.78, 5) is 2.27. The van der Waals surface area contributed by atoms with E-state index in [0.29, 0.717) is 0 Å². The summed E-state index contributed by atoms with van der Waals surface area (Å²) in [6.07, 6.45) is -1.06. The van der Waals surface area contributed by atoms with Crippen LogP contribution in [0.15, 0.2) is 18.2 Å². The van der Waals surface area contributed by atoms with Gasteiger partial charge < -0.3 is 15.2 Å². The molecule has 0 spiro atoms. The molecule has 0 saturated carbocycles. The van der Waals surface area contributed by atoms with Gasteiger partial charge in [-0.1, -0.05) is 0 Å². The van der Waals surface area contributed by atoms with E-state index in [-0.39, 0.29) is 18.2 Å². The van der Waals surface area contributed by atoms with Crippen LogP contribution >= 0.6 is 0 Å². The second kappa shape index (κ2) is 7.79. The van der Waals surface area contributed by atoms with Gasteiger partial charge in [-0.25, -0.2) is 8.78 Å². The fourth-order valence-corrected chi connectivity index (χ4v) is 2.43. The Kier molecular flexibility index (Phi) is 6.05. The molecule has 2 unspecified atom stereocenters. The third-order valence-corrected chi connectivity index (χ3v) is 3.61. The van der Waals surface area contributed by atoms with E-state index in [9.17, 15) is 13.9 Å². The molecule has 1 fully saturated rings. The molecule has 21 heavy (non-hydrogen) atoms. The molecule has 4 nitrogen and oxygen atoms in total. The van der Waals surface area contributed by atoms with Crippen molar-refractivity contribution in [1.29, 1.82) is 0 Å². The second-order valence-corrected chi connectivity index (χ2v) is 5.40. The van der Waals surface area contributed by atoms with E-state index in [0.717, 1.165) is 51.0 Å². The average Bonchev–Trinajstić information content (AvgIpc) is 2.48. The van der Waals surface area contributed by atoms with Gasteiger partial charge in [0.25, 0.3) is 0 Å². The van der Waals surface area contributed by atoms with Gasteiger partial charge >= 0.3 is 0 Å². The Morgan fingerprint density at radius 3 is 2.76 bits per heavy atom. The number of hydrogen-bond donors (Lipinski definition) is 2. The van der Waals surface area contributed by atoms with Gasteiger partial charge in [0.15, 0.2) is 0 Å². The number of nitrogens with zero attached hydrogens (tertiary/aromatic N) is 1. The molecule has 0 amide bonds. The number of nitrogens with one attached hydrogen (secondary N) is 1. The Labute approximate surface area is 123 Å². The van der Waals surface area contributed by atoms with Crippen LogP contribution in [-0.2, 0) is 4.74 Å². The first kappa shape index (κ1) is 16.3. The number of halogens is 2. The maximum atomic E-state index is 13.5. The first-order valence-corrected chi connectivity index (χ1v) is 7.22. The highest BCUT2D eigenvalue weighted by atomic mass is 19.1. The lowest BCUT2D eigenvalue weighted by Crippen LogP contribution is -2.45. The Balaban J connectivity index is 1.79. The zero-order chi connectivity index (χ0) is 15.2. The van der Waals surface area contributed by atoms with Crippen molar-refractivity contribution in [2.45, 2.75) is 19.1 Å². The molecule has 1 aromatic rings. The molecule has 6 heteroatoms. The van der Waals surface area contributed by atoms with Crippen molar-refractivity contribution in [1.82, 2.24) is 10.2 Å². The SMILES string of the molecule is CC(CN1CCOCC1)NCC(O)c1cc(F)ccc1F. The van der Waals surface area contributed by atoms with Crippen molar-refractivity contribution in [2.24, 2.45) is 0 Å². The Morgan fingerprint density at radius 1 is 1.33 bits per heavy atom. The lowest BCUT2D eigenvalue weighted by atomic mass is 10.1. The third kappa shape index (κ3) is 5.00. The summed E-state index contributed by atoms with van der Waals surface area (Å²) >= 11 is 0. The molecule has 1 saturated heterocycles. The summed E-state index contributed by atoms with van der Waals surface area (Å²) in [5.74, 6) is -1.14. The monoisotopic (exact) mass is 300 g/mol. The molecule has 0 aliphatic carbocycles. The Morgan fingerprint density at radius 2 is 2.05 bits per heavy atom. The van der Waals surface area contributed by atoms with E-state index in [1.54, 1.807) is 0 Å². The predicted octanol–water partition coefficient (Wildman–Crippen LogP) is 1.31. The molecule has 1 aromatic carbocycles. The number of ether oxygens (including phenoxy) is 1. The minimum Gasteiger partial charge on any atom is -0.387 e. The molecule has 0 bridgehead atoms. The molecule has 1 aliphatic heterocycles. The van der Waals surface area contributed by atoms with Crippen LogP contribution in [0.1, 0.15) is 18.6 Å². The van der Waals surface area contributed by atoms with Crippen molar-refractivity contribution in [3.8, 4) is 0 Å². The fraction of sp³-hybridized carbons (Fsp3) is 0.600. The summed E-state index contributed by atoms with van der Waals surface area (Å²) < 4.78 is 31.9. The van der Waals surface area contributed by atoms with Gasteiger partial charge in [-0.05, 0) is 25.1 Å². The van der Waals surface area contributed by atoms with Crippen LogP contribution < -0.4 is 5.32 Å². The summed E-state index contributed by atoms with van der Waals surface area (Å²) in [6, 6.07) is 3.26. The normalized spacial score (nSPS) is 19.4. The minimum absolute atomic E-state index is 0.0129. The first-order chi connectivity index (χ1) is 10.1. The van der Waals surface area contributed by atoms with Crippen molar-refractivity contribution >= 4 is 0 Å². The highest BCUT2D eigenvalue weighted by molar-refractivity contribution is 5.21. The van der Waals surface area contributed by atoms with Gasteiger partial charge in [0.05, 0.1) is 19.3 Å². The van der Waals surface area contributed by atoms with Gasteiger partial charge in [0, 0.05) is 37.8 Å². The lowest BCUT2D eigenvalue weighted by Gasteiger charge is -2.29. The largest absolute Gasteiger partial charge is 0.387 e. The number of morpholine rings is 1. The molecule has 118 valence electrons. The Bertz CT molecular complexity index is 453. The van der Waals surface area contributed by atoms with Crippen LogP contribution in [0.4, 0.5) is 8.78 Å². The Hall–Kier alpha value is -1.08. The van der Waals surface area contributed by atoms with Crippen molar-refractivity contribution in [3.05, 3.63) is 35.4 Å². The first-order valence-electron chi connectivity index (χ1n) is 7.22. The molecule has 0 aromatic heterocycles. The molecule has 2 rings (SSSR count). The number of rotatable bonds is 6. The molecule has 0 radical (unpaired) electrons. The molecule has 1 aliphatic rings. The fourth-order valence-electron chi connectivity index (χ4n) is 2.43. The topological polar surface area (TPSA) is 44.7 Å². The molecule has 2 atom stereocenters. The highest BCUT2D eigenvalue weighted by Crippen LogP contribution is 2.17. The van der Waals surface area contributed by atoms with Crippen molar-refractivity contribution in [2.75, 3.05) is 39.4 Å². The van der Waals surface area contributed by atoms with E-state index in [1.807, 2.05) is 6.92 Å². The van der Waals surface area contributed by atoms with Crippen LogP contribution in [0.25, 0.3) is 0 Å². The third-order valence-electron chi connectivity index (χ3n) is 3.61. The van der Waals surface area contributed by atoms with E-state index in [2.05, 4.69) is 10.2 Å². The number of aliphatic hydroxyl groups is 1. The molecule has 2 N–H and O–H groups in total. The number of aliphatic hydroxyl groups excluding tert-OH is 1. The zero-order valence-corrected chi connectivity index (χ0v) is 12.2. The maximum absolute atomic E-state index is 13.5. The maximum Gasteiger partial charge on any atom is 0.129 e. The van der Waals surface area contributed by atoms with Gasteiger partial charge in [-0.2, -0.15) is 0 Å². The van der Waals surface area contributed by atoms with Gasteiger partial charge in [0.2, 0.25) is 0 Å². The minimum atomic E-state index is -1.06.